The highest BCUT2D eigenvalue weighted by Gasteiger charge is 2.06. The minimum Gasteiger partial charge on any atom is -0.306 e. The van der Waals surface area contributed by atoms with Crippen LogP contribution in [0.1, 0.15) is 29.7 Å². The van der Waals surface area contributed by atoms with E-state index in [2.05, 4.69) is 17.2 Å². The largest absolute Gasteiger partial charge is 0.306 e. The van der Waals surface area contributed by atoms with Gasteiger partial charge in [-0.15, -0.1) is 0 Å². The van der Waals surface area contributed by atoms with Crippen LogP contribution in [0.2, 0.25) is 0 Å². The molecule has 2 nitrogen and oxygen atoms in total. The molecule has 2 rings (SSSR count). The van der Waals surface area contributed by atoms with Crippen LogP contribution in [0.3, 0.4) is 0 Å². The first-order chi connectivity index (χ1) is 8.66. The number of aromatic nitrogens is 1. The van der Waals surface area contributed by atoms with Crippen LogP contribution in [0.15, 0.2) is 42.7 Å². The van der Waals surface area contributed by atoms with Crippen molar-refractivity contribution in [1.29, 1.82) is 0 Å². The number of nitrogens with zero attached hydrogens (tertiary/aromatic N) is 1. The molecule has 2 aromatic rings. The Bertz CT molecular complexity index is 511. The van der Waals surface area contributed by atoms with Gasteiger partial charge in [0.2, 0.25) is 0 Å². The van der Waals surface area contributed by atoms with Crippen molar-refractivity contribution in [1.82, 2.24) is 10.3 Å². The van der Waals surface area contributed by atoms with E-state index >= 15 is 0 Å². The zero-order valence-electron chi connectivity index (χ0n) is 10.7. The first-order valence-corrected chi connectivity index (χ1v) is 6.05. The van der Waals surface area contributed by atoms with Crippen LogP contribution < -0.4 is 5.32 Å². The molecule has 0 amide bonds. The lowest BCUT2D eigenvalue weighted by atomic mass is 10.1. The quantitative estimate of drug-likeness (QED) is 0.891. The molecule has 1 atom stereocenters. The van der Waals surface area contributed by atoms with Gasteiger partial charge >= 0.3 is 0 Å². The monoisotopic (exact) mass is 244 g/mol. The lowest BCUT2D eigenvalue weighted by molar-refractivity contribution is 0.566. The Kier molecular flexibility index (Phi) is 4.05. The number of rotatable bonds is 4. The number of hydrogen-bond acceptors (Lipinski definition) is 2. The summed E-state index contributed by atoms with van der Waals surface area (Å²) in [5.74, 6) is -0.188. The zero-order chi connectivity index (χ0) is 13.0. The molecule has 18 heavy (non-hydrogen) atoms. The number of halogens is 1. The fraction of sp³-hybridized carbons (Fsp3) is 0.267. The lowest BCUT2D eigenvalue weighted by Crippen LogP contribution is -2.18. The molecule has 94 valence electrons. The van der Waals surface area contributed by atoms with Gasteiger partial charge in [-0.05, 0) is 48.7 Å². The summed E-state index contributed by atoms with van der Waals surface area (Å²) in [7, 11) is 0. The summed E-state index contributed by atoms with van der Waals surface area (Å²) in [4.78, 5) is 4.09. The van der Waals surface area contributed by atoms with Gasteiger partial charge < -0.3 is 5.32 Å². The van der Waals surface area contributed by atoms with Gasteiger partial charge in [-0.25, -0.2) is 4.39 Å². The Morgan fingerprint density at radius 1 is 1.33 bits per heavy atom. The van der Waals surface area contributed by atoms with Crippen molar-refractivity contribution >= 4 is 0 Å². The van der Waals surface area contributed by atoms with E-state index in [1.54, 1.807) is 18.3 Å². The van der Waals surface area contributed by atoms with Crippen LogP contribution in [-0.2, 0) is 6.54 Å². The maximum absolute atomic E-state index is 13.2. The lowest BCUT2D eigenvalue weighted by Gasteiger charge is -2.15. The van der Waals surface area contributed by atoms with Crippen molar-refractivity contribution in [3.8, 4) is 0 Å². The minimum atomic E-state index is -0.188. The molecular weight excluding hydrogens is 227 g/mol. The second-order valence-electron chi connectivity index (χ2n) is 4.46. The van der Waals surface area contributed by atoms with Crippen LogP contribution >= 0.6 is 0 Å². The third-order valence-electron chi connectivity index (χ3n) is 3.09. The summed E-state index contributed by atoms with van der Waals surface area (Å²) in [5, 5.41) is 3.38. The van der Waals surface area contributed by atoms with E-state index in [9.17, 15) is 4.39 Å². The van der Waals surface area contributed by atoms with Crippen molar-refractivity contribution in [2.24, 2.45) is 0 Å². The van der Waals surface area contributed by atoms with Crippen molar-refractivity contribution in [2.75, 3.05) is 0 Å². The first-order valence-electron chi connectivity index (χ1n) is 6.05. The van der Waals surface area contributed by atoms with E-state index in [1.165, 1.54) is 6.07 Å². The average molecular weight is 244 g/mol. The van der Waals surface area contributed by atoms with Crippen LogP contribution in [0.4, 0.5) is 4.39 Å². The Morgan fingerprint density at radius 2 is 2.17 bits per heavy atom. The molecular formula is C15H17FN2. The molecule has 0 spiro atoms. The number of hydrogen-bond donors (Lipinski definition) is 1. The third kappa shape index (κ3) is 3.14. The first kappa shape index (κ1) is 12.7. The van der Waals surface area contributed by atoms with Gasteiger partial charge in [0.05, 0.1) is 0 Å². The third-order valence-corrected chi connectivity index (χ3v) is 3.09. The number of pyridine rings is 1. The summed E-state index contributed by atoms with van der Waals surface area (Å²) in [5.41, 5.74) is 3.22. The van der Waals surface area contributed by atoms with Gasteiger partial charge in [-0.2, -0.15) is 0 Å². The molecule has 1 N–H and O–H groups in total. The minimum absolute atomic E-state index is 0.188. The standard InChI is InChI=1S/C15H17FN2/c1-11-5-6-15(16)8-14(11)10-18-12(2)13-4-3-7-17-9-13/h3-9,12,18H,10H2,1-2H3. The van der Waals surface area contributed by atoms with Crippen LogP contribution in [0, 0.1) is 12.7 Å². The molecule has 0 aliphatic rings. The van der Waals surface area contributed by atoms with Gasteiger partial charge in [0.25, 0.3) is 0 Å². The van der Waals surface area contributed by atoms with Crippen molar-refractivity contribution in [2.45, 2.75) is 26.4 Å². The van der Waals surface area contributed by atoms with Gasteiger partial charge in [-0.1, -0.05) is 12.1 Å². The van der Waals surface area contributed by atoms with Crippen molar-refractivity contribution in [3.05, 3.63) is 65.2 Å². The molecule has 0 saturated carbocycles. The number of benzene rings is 1. The smallest absolute Gasteiger partial charge is 0.123 e. The molecule has 0 bridgehead atoms. The topological polar surface area (TPSA) is 24.9 Å². The fourth-order valence-electron chi connectivity index (χ4n) is 1.84. The molecule has 0 saturated heterocycles. The summed E-state index contributed by atoms with van der Waals surface area (Å²) >= 11 is 0. The highest BCUT2D eigenvalue weighted by molar-refractivity contribution is 5.26. The maximum Gasteiger partial charge on any atom is 0.123 e. The summed E-state index contributed by atoms with van der Waals surface area (Å²) in [6.45, 7) is 4.72. The molecule has 1 aromatic carbocycles. The second kappa shape index (κ2) is 5.74. The van der Waals surface area contributed by atoms with E-state index in [-0.39, 0.29) is 11.9 Å². The normalized spacial score (nSPS) is 12.4. The Labute approximate surface area is 107 Å². The fourth-order valence-corrected chi connectivity index (χ4v) is 1.84. The predicted octanol–water partition coefficient (Wildman–Crippen LogP) is 3.38. The van der Waals surface area contributed by atoms with Gasteiger partial charge in [0.15, 0.2) is 0 Å². The van der Waals surface area contributed by atoms with Gasteiger partial charge in [0.1, 0.15) is 5.82 Å². The molecule has 0 fully saturated rings. The number of aryl methyl sites for hydroxylation is 1. The molecule has 3 heteroatoms. The summed E-state index contributed by atoms with van der Waals surface area (Å²) in [6, 6.07) is 9.02. The van der Waals surface area contributed by atoms with Crippen molar-refractivity contribution in [3.63, 3.8) is 0 Å². The highest BCUT2D eigenvalue weighted by atomic mass is 19.1. The maximum atomic E-state index is 13.2. The summed E-state index contributed by atoms with van der Waals surface area (Å²) < 4.78 is 13.2. The Hall–Kier alpha value is -1.74. The van der Waals surface area contributed by atoms with Crippen LogP contribution in [0.5, 0.6) is 0 Å². The molecule has 0 aliphatic carbocycles. The van der Waals surface area contributed by atoms with E-state index in [1.807, 2.05) is 25.3 Å². The van der Waals surface area contributed by atoms with E-state index in [4.69, 9.17) is 0 Å². The Morgan fingerprint density at radius 3 is 2.89 bits per heavy atom. The highest BCUT2D eigenvalue weighted by Crippen LogP contribution is 2.14. The van der Waals surface area contributed by atoms with E-state index in [0.717, 1.165) is 16.7 Å². The van der Waals surface area contributed by atoms with Gasteiger partial charge in [-0.3, -0.25) is 4.98 Å². The molecule has 1 unspecified atom stereocenters. The van der Waals surface area contributed by atoms with E-state index in [0.29, 0.717) is 6.54 Å². The zero-order valence-corrected chi connectivity index (χ0v) is 10.7. The van der Waals surface area contributed by atoms with Crippen LogP contribution in [-0.4, -0.2) is 4.98 Å². The van der Waals surface area contributed by atoms with E-state index < -0.39 is 0 Å². The summed E-state index contributed by atoms with van der Waals surface area (Å²) in [6.07, 6.45) is 3.60. The van der Waals surface area contributed by atoms with Crippen LogP contribution in [0.25, 0.3) is 0 Å². The molecule has 0 aliphatic heterocycles. The number of nitrogens with one attached hydrogen (secondary N) is 1. The average Bonchev–Trinajstić information content (AvgIpc) is 2.40. The van der Waals surface area contributed by atoms with Crippen molar-refractivity contribution < 1.29 is 4.39 Å². The molecule has 0 radical (unpaired) electrons. The molecule has 1 aromatic heterocycles. The SMILES string of the molecule is Cc1ccc(F)cc1CNC(C)c1cccnc1. The van der Waals surface area contributed by atoms with Gasteiger partial charge in [0, 0.05) is 25.0 Å². The molecule has 1 heterocycles. The Balaban J connectivity index is 2.01. The second-order valence-corrected chi connectivity index (χ2v) is 4.46. The predicted molar refractivity (Wildman–Crippen MR) is 70.6 cm³/mol.